The third kappa shape index (κ3) is 2.26. The zero-order chi connectivity index (χ0) is 17.2. The maximum Gasteiger partial charge on any atom is 0.256 e. The molecule has 1 amide bonds. The van der Waals surface area contributed by atoms with E-state index in [9.17, 15) is 9.90 Å². The molecule has 2 aromatic heterocycles. The van der Waals surface area contributed by atoms with E-state index in [0.29, 0.717) is 23.4 Å². The lowest BCUT2D eigenvalue weighted by atomic mass is 9.86. The Morgan fingerprint density at radius 1 is 1.36 bits per heavy atom. The summed E-state index contributed by atoms with van der Waals surface area (Å²) >= 11 is 6.19. The third-order valence-corrected chi connectivity index (χ3v) is 5.71. The first-order chi connectivity index (χ1) is 12.0. The van der Waals surface area contributed by atoms with E-state index in [1.165, 1.54) is 12.5 Å². The molecular formula is C17H15ClN4O3. The number of rotatable bonds is 3. The van der Waals surface area contributed by atoms with E-state index in [4.69, 9.17) is 16.1 Å². The van der Waals surface area contributed by atoms with Crippen LogP contribution in [0.3, 0.4) is 0 Å². The molecule has 25 heavy (non-hydrogen) atoms. The van der Waals surface area contributed by atoms with Crippen LogP contribution >= 0.6 is 11.6 Å². The lowest BCUT2D eigenvalue weighted by Gasteiger charge is -2.27. The maximum atomic E-state index is 12.1. The quantitative estimate of drug-likeness (QED) is 0.666. The van der Waals surface area contributed by atoms with Crippen molar-refractivity contribution in [2.45, 2.75) is 24.5 Å². The number of nitrogens with one attached hydrogen (secondary N) is 2. The van der Waals surface area contributed by atoms with Gasteiger partial charge in [-0.25, -0.2) is 0 Å². The first-order valence-electron chi connectivity index (χ1n) is 8.11. The zero-order valence-electron chi connectivity index (χ0n) is 13.1. The summed E-state index contributed by atoms with van der Waals surface area (Å²) in [5.41, 5.74) is 1.09. The summed E-state index contributed by atoms with van der Waals surface area (Å²) in [4.78, 5) is 12.1. The van der Waals surface area contributed by atoms with Crippen LogP contribution in [0.4, 0.5) is 0 Å². The minimum atomic E-state index is -0.944. The molecule has 0 radical (unpaired) electrons. The standard InChI is InChI=1S/C17H15ClN4O3/c18-9-1-13(12-6-19-22-14(12)2-9)17(24)3-10-11(4-17)15(10)21-16(23)8-5-20-25-7-8/h1-2,5-7,10-11,15,24H,3-4H2,(H,19,22)(H,21,23)/t10-,11+,15-,17+. The van der Waals surface area contributed by atoms with Crippen molar-refractivity contribution in [3.8, 4) is 0 Å². The Balaban J connectivity index is 1.35. The van der Waals surface area contributed by atoms with Gasteiger partial charge in [-0.05, 0) is 42.4 Å². The second-order valence-electron chi connectivity index (χ2n) is 6.96. The number of H-pyrrole nitrogens is 1. The number of hydrogen-bond donors (Lipinski definition) is 3. The number of benzene rings is 1. The van der Waals surface area contributed by atoms with Crippen LogP contribution in [-0.2, 0) is 5.60 Å². The first kappa shape index (κ1) is 14.9. The molecule has 8 heteroatoms. The summed E-state index contributed by atoms with van der Waals surface area (Å²) in [6, 6.07) is 3.70. The van der Waals surface area contributed by atoms with Gasteiger partial charge in [-0.1, -0.05) is 16.8 Å². The molecule has 0 bridgehead atoms. The molecule has 0 aliphatic heterocycles. The van der Waals surface area contributed by atoms with E-state index in [2.05, 4.69) is 20.7 Å². The number of aliphatic hydroxyl groups is 1. The highest BCUT2D eigenvalue weighted by Crippen LogP contribution is 2.60. The summed E-state index contributed by atoms with van der Waals surface area (Å²) in [7, 11) is 0. The van der Waals surface area contributed by atoms with E-state index in [0.717, 1.165) is 16.5 Å². The zero-order valence-corrected chi connectivity index (χ0v) is 13.8. The van der Waals surface area contributed by atoms with Gasteiger partial charge in [0, 0.05) is 16.5 Å². The van der Waals surface area contributed by atoms with Gasteiger partial charge in [-0.2, -0.15) is 5.10 Å². The maximum absolute atomic E-state index is 12.1. The Labute approximate surface area is 147 Å². The first-order valence-corrected chi connectivity index (χ1v) is 8.49. The largest absolute Gasteiger partial charge is 0.385 e. The molecular weight excluding hydrogens is 344 g/mol. The summed E-state index contributed by atoms with van der Waals surface area (Å²) in [5.74, 6) is 0.327. The number of carbonyl (C=O) groups is 1. The lowest BCUT2D eigenvalue weighted by Crippen LogP contribution is -2.33. The van der Waals surface area contributed by atoms with Crippen molar-refractivity contribution in [1.82, 2.24) is 20.7 Å². The van der Waals surface area contributed by atoms with E-state index in [1.54, 1.807) is 12.3 Å². The van der Waals surface area contributed by atoms with Gasteiger partial charge in [-0.3, -0.25) is 9.89 Å². The van der Waals surface area contributed by atoms with Crippen molar-refractivity contribution in [3.63, 3.8) is 0 Å². The van der Waals surface area contributed by atoms with Crippen molar-refractivity contribution in [3.05, 3.63) is 46.9 Å². The van der Waals surface area contributed by atoms with Gasteiger partial charge in [0.05, 0.1) is 29.1 Å². The molecule has 2 aliphatic rings. The Hall–Kier alpha value is -2.38. The second-order valence-corrected chi connectivity index (χ2v) is 7.40. The van der Waals surface area contributed by atoms with Crippen molar-refractivity contribution in [2.24, 2.45) is 11.8 Å². The Kier molecular flexibility index (Phi) is 3.02. The number of aromatic nitrogens is 3. The fourth-order valence-electron chi connectivity index (χ4n) is 4.25. The second kappa shape index (κ2) is 5.06. The third-order valence-electron chi connectivity index (χ3n) is 5.50. The van der Waals surface area contributed by atoms with Gasteiger partial charge >= 0.3 is 0 Å². The van der Waals surface area contributed by atoms with Crippen LogP contribution in [0.5, 0.6) is 0 Å². The highest BCUT2D eigenvalue weighted by Gasteiger charge is 2.62. The van der Waals surface area contributed by atoms with Gasteiger partial charge in [0.25, 0.3) is 5.91 Å². The molecule has 0 spiro atoms. The van der Waals surface area contributed by atoms with Crippen LogP contribution in [0.1, 0.15) is 28.8 Å². The molecule has 2 aliphatic carbocycles. The number of aromatic amines is 1. The van der Waals surface area contributed by atoms with Crippen LogP contribution < -0.4 is 5.32 Å². The summed E-state index contributed by atoms with van der Waals surface area (Å²) in [5, 5.41) is 26.1. The number of hydrogen-bond acceptors (Lipinski definition) is 5. The summed E-state index contributed by atoms with van der Waals surface area (Å²) < 4.78 is 4.69. The normalized spacial score (nSPS) is 30.4. The fraction of sp³-hybridized carbons (Fsp3) is 0.353. The Bertz CT molecular complexity index is 956. The Morgan fingerprint density at radius 2 is 2.16 bits per heavy atom. The fourth-order valence-corrected chi connectivity index (χ4v) is 4.47. The average molecular weight is 359 g/mol. The highest BCUT2D eigenvalue weighted by atomic mass is 35.5. The predicted octanol–water partition coefficient (Wildman–Crippen LogP) is 2.23. The number of fused-ring (bicyclic) bond motifs is 2. The lowest BCUT2D eigenvalue weighted by molar-refractivity contribution is 0.0293. The predicted molar refractivity (Wildman–Crippen MR) is 89.0 cm³/mol. The molecule has 4 atom stereocenters. The molecule has 5 rings (SSSR count). The van der Waals surface area contributed by atoms with E-state index in [1.807, 2.05) is 6.07 Å². The monoisotopic (exact) mass is 358 g/mol. The highest BCUT2D eigenvalue weighted by molar-refractivity contribution is 6.31. The average Bonchev–Trinajstić information content (AvgIpc) is 3.12. The number of halogens is 1. The van der Waals surface area contributed by atoms with Crippen molar-refractivity contribution >= 4 is 28.4 Å². The SMILES string of the molecule is O=C(N[C@@H]1[C@@H]2C[C@@](O)(c3cc(Cl)cc4[nH]ncc34)C[C@@H]21)c1cnoc1. The van der Waals surface area contributed by atoms with Crippen LogP contribution in [0.25, 0.3) is 10.9 Å². The molecule has 3 aromatic rings. The van der Waals surface area contributed by atoms with Gasteiger partial charge < -0.3 is 14.9 Å². The molecule has 128 valence electrons. The van der Waals surface area contributed by atoms with E-state index >= 15 is 0 Å². The van der Waals surface area contributed by atoms with E-state index < -0.39 is 5.60 Å². The van der Waals surface area contributed by atoms with Crippen molar-refractivity contribution < 1.29 is 14.4 Å². The van der Waals surface area contributed by atoms with Crippen LogP contribution in [0.15, 0.2) is 35.3 Å². The van der Waals surface area contributed by atoms with Crippen LogP contribution in [0, 0.1) is 11.8 Å². The minimum Gasteiger partial charge on any atom is -0.385 e. The molecule has 2 saturated carbocycles. The molecule has 1 aromatic carbocycles. The summed E-state index contributed by atoms with van der Waals surface area (Å²) in [6.07, 6.45) is 5.62. The van der Waals surface area contributed by atoms with Crippen LogP contribution in [0.2, 0.25) is 5.02 Å². The van der Waals surface area contributed by atoms with Gasteiger partial charge in [0.15, 0.2) is 0 Å². The number of carbonyl (C=O) groups excluding carboxylic acids is 1. The summed E-state index contributed by atoms with van der Waals surface area (Å²) in [6.45, 7) is 0. The minimum absolute atomic E-state index is 0.0849. The molecule has 7 nitrogen and oxygen atoms in total. The topological polar surface area (TPSA) is 104 Å². The van der Waals surface area contributed by atoms with Crippen molar-refractivity contribution in [2.75, 3.05) is 0 Å². The Morgan fingerprint density at radius 3 is 2.88 bits per heavy atom. The smallest absolute Gasteiger partial charge is 0.256 e. The molecule has 3 N–H and O–H groups in total. The van der Waals surface area contributed by atoms with Gasteiger partial charge in [0.2, 0.25) is 0 Å². The van der Waals surface area contributed by atoms with Crippen LogP contribution in [-0.4, -0.2) is 32.4 Å². The molecule has 0 unspecified atom stereocenters. The molecule has 0 saturated heterocycles. The number of amides is 1. The van der Waals surface area contributed by atoms with E-state index in [-0.39, 0.29) is 23.8 Å². The number of nitrogens with zero attached hydrogens (tertiary/aromatic N) is 2. The molecule has 2 heterocycles. The van der Waals surface area contributed by atoms with Crippen molar-refractivity contribution in [1.29, 1.82) is 0 Å². The van der Waals surface area contributed by atoms with Gasteiger partial charge in [0.1, 0.15) is 6.26 Å². The molecule has 2 fully saturated rings. The van der Waals surface area contributed by atoms with Gasteiger partial charge in [-0.15, -0.1) is 0 Å².